The number of rotatable bonds is 7. The van der Waals surface area contributed by atoms with Gasteiger partial charge in [0, 0.05) is 31.7 Å². The zero-order valence-corrected chi connectivity index (χ0v) is 17.3. The maximum atomic E-state index is 11.7. The van der Waals surface area contributed by atoms with Gasteiger partial charge in [0.1, 0.15) is 24.7 Å². The van der Waals surface area contributed by atoms with Gasteiger partial charge in [-0.05, 0) is 42.8 Å². The second-order valence-corrected chi connectivity index (χ2v) is 8.61. The van der Waals surface area contributed by atoms with Gasteiger partial charge in [-0.3, -0.25) is 9.69 Å². The highest BCUT2D eigenvalue weighted by Crippen LogP contribution is 2.32. The molecule has 7 nitrogen and oxygen atoms in total. The number of carbonyl (C=O) groups excluding carboxylic acids is 1. The first-order valence-corrected chi connectivity index (χ1v) is 10.9. The minimum atomic E-state index is -0.398. The summed E-state index contributed by atoms with van der Waals surface area (Å²) in [4.78, 5) is 20.4. The maximum Gasteiger partial charge on any atom is 0.279 e. The number of likely N-dealkylation sites (tertiary alicyclic amines) is 2. The van der Waals surface area contributed by atoms with Gasteiger partial charge in [-0.25, -0.2) is 4.98 Å². The third-order valence-corrected chi connectivity index (χ3v) is 6.67. The second kappa shape index (κ2) is 8.22. The lowest BCUT2D eigenvalue weighted by atomic mass is 10.2. The third kappa shape index (κ3) is 3.86. The predicted octanol–water partition coefficient (Wildman–Crippen LogP) is 2.74. The van der Waals surface area contributed by atoms with Crippen LogP contribution in [0, 0.1) is 0 Å². The van der Waals surface area contributed by atoms with Crippen molar-refractivity contribution in [1.29, 1.82) is 0 Å². The van der Waals surface area contributed by atoms with E-state index in [9.17, 15) is 4.79 Å². The van der Waals surface area contributed by atoms with Crippen LogP contribution >= 0.6 is 11.3 Å². The van der Waals surface area contributed by atoms with Crippen molar-refractivity contribution < 1.29 is 19.4 Å². The van der Waals surface area contributed by atoms with Crippen LogP contribution in [0.2, 0.25) is 0 Å². The van der Waals surface area contributed by atoms with Crippen LogP contribution < -0.4 is 9.47 Å². The van der Waals surface area contributed by atoms with Gasteiger partial charge >= 0.3 is 0 Å². The number of para-hydroxylation sites is 1. The number of hydrogen-bond acceptors (Lipinski definition) is 7. The van der Waals surface area contributed by atoms with Crippen LogP contribution in [-0.2, 0) is 4.79 Å². The van der Waals surface area contributed by atoms with Crippen molar-refractivity contribution in [3.8, 4) is 16.7 Å². The van der Waals surface area contributed by atoms with E-state index in [-0.39, 0.29) is 11.9 Å². The zero-order valence-electron chi connectivity index (χ0n) is 16.4. The molecule has 2 bridgehead atoms. The van der Waals surface area contributed by atoms with Crippen LogP contribution in [-0.4, -0.2) is 70.7 Å². The minimum absolute atomic E-state index is 0.161. The summed E-state index contributed by atoms with van der Waals surface area (Å²) < 4.78 is 12.9. The van der Waals surface area contributed by atoms with Crippen LogP contribution in [0.5, 0.6) is 16.7 Å². The average molecular weight is 426 g/mol. The molecule has 0 saturated carbocycles. The highest BCUT2D eigenvalue weighted by atomic mass is 32.1. The van der Waals surface area contributed by atoms with Gasteiger partial charge in [-0.15, -0.1) is 0 Å². The Morgan fingerprint density at radius 2 is 1.90 bits per heavy atom. The van der Waals surface area contributed by atoms with Crippen LogP contribution in [0.3, 0.4) is 0 Å². The Morgan fingerprint density at radius 3 is 2.63 bits per heavy atom. The number of hydrogen-bond donors (Lipinski definition) is 1. The van der Waals surface area contributed by atoms with Crippen LogP contribution in [0.25, 0.3) is 10.2 Å². The van der Waals surface area contributed by atoms with Crippen molar-refractivity contribution in [3.63, 3.8) is 0 Å². The number of carbonyl (C=O) groups is 1. The highest BCUT2D eigenvalue weighted by molar-refractivity contribution is 7.20. The van der Waals surface area contributed by atoms with Crippen molar-refractivity contribution in [1.82, 2.24) is 14.8 Å². The molecule has 1 amide bonds. The quantitative estimate of drug-likeness (QED) is 0.627. The van der Waals surface area contributed by atoms with Crippen molar-refractivity contribution in [3.05, 3.63) is 48.5 Å². The normalized spacial score (nSPS) is 20.8. The van der Waals surface area contributed by atoms with Gasteiger partial charge in [0.05, 0.1) is 10.2 Å². The van der Waals surface area contributed by atoms with Crippen LogP contribution in [0.1, 0.15) is 6.42 Å². The fourth-order valence-electron chi connectivity index (χ4n) is 4.30. The fraction of sp³-hybridized carbons (Fsp3) is 0.364. The lowest BCUT2D eigenvalue weighted by Crippen LogP contribution is -2.50. The number of aliphatic hydroxyl groups excluding tert-OH is 1. The summed E-state index contributed by atoms with van der Waals surface area (Å²) in [5.74, 6) is 1.37. The lowest BCUT2D eigenvalue weighted by molar-refractivity contribution is -0.136. The van der Waals surface area contributed by atoms with E-state index in [2.05, 4.69) is 9.88 Å². The molecule has 2 fully saturated rings. The molecule has 2 aliphatic heterocycles. The molecule has 8 heteroatoms. The lowest BCUT2D eigenvalue weighted by Gasteiger charge is -2.33. The van der Waals surface area contributed by atoms with E-state index in [1.165, 1.54) is 11.3 Å². The predicted molar refractivity (Wildman–Crippen MR) is 114 cm³/mol. The number of amides is 1. The molecule has 2 aliphatic rings. The van der Waals surface area contributed by atoms with E-state index >= 15 is 0 Å². The van der Waals surface area contributed by atoms with Gasteiger partial charge < -0.3 is 19.5 Å². The second-order valence-electron chi connectivity index (χ2n) is 7.61. The van der Waals surface area contributed by atoms with Gasteiger partial charge in [-0.2, -0.15) is 0 Å². The number of thiazole rings is 1. The number of nitrogens with zero attached hydrogens (tertiary/aromatic N) is 3. The van der Waals surface area contributed by atoms with Crippen molar-refractivity contribution in [2.75, 3.05) is 32.8 Å². The topological polar surface area (TPSA) is 75.1 Å². The molecule has 2 aromatic carbocycles. The Morgan fingerprint density at radius 1 is 1.10 bits per heavy atom. The Labute approximate surface area is 178 Å². The maximum absolute atomic E-state index is 11.7. The molecule has 30 heavy (non-hydrogen) atoms. The number of fused-ring (bicyclic) bond motifs is 3. The largest absolute Gasteiger partial charge is 0.492 e. The molecule has 3 heterocycles. The van der Waals surface area contributed by atoms with Crippen LogP contribution in [0.15, 0.2) is 48.5 Å². The number of ether oxygens (including phenoxy) is 2. The SMILES string of the molecule is O=C(CO)N1C[C@@H]2C[C@@H]1CN2CCOc1ccc(Oc2nc3ccccc3s2)cc1. The molecule has 1 N–H and O–H groups in total. The molecule has 2 saturated heterocycles. The fourth-order valence-corrected chi connectivity index (χ4v) is 5.13. The molecule has 2 atom stereocenters. The van der Waals surface area contributed by atoms with Crippen LogP contribution in [0.4, 0.5) is 0 Å². The summed E-state index contributed by atoms with van der Waals surface area (Å²) in [6.45, 7) is 2.59. The standard InChI is InChI=1S/C22H23N3O4S/c26-14-21(27)25-13-15-11-16(25)12-24(15)9-10-28-17-5-7-18(8-6-17)29-22-23-19-3-1-2-4-20(19)30-22/h1-8,15-16,26H,9-14H2/t15-,16+/m0/s1. The number of piperazine rings is 1. The van der Waals surface area contributed by atoms with E-state index in [1.54, 1.807) is 0 Å². The smallest absolute Gasteiger partial charge is 0.279 e. The zero-order chi connectivity index (χ0) is 20.5. The van der Waals surface area contributed by atoms with E-state index < -0.39 is 6.61 Å². The Balaban J connectivity index is 1.10. The number of aromatic nitrogens is 1. The van der Waals surface area contributed by atoms with Crippen molar-refractivity contribution in [2.45, 2.75) is 18.5 Å². The Bertz CT molecular complexity index is 1010. The summed E-state index contributed by atoms with van der Waals surface area (Å²) in [6, 6.07) is 16.2. The average Bonchev–Trinajstić information content (AvgIpc) is 3.48. The van der Waals surface area contributed by atoms with E-state index in [0.29, 0.717) is 24.4 Å². The first-order chi connectivity index (χ1) is 14.7. The molecule has 0 radical (unpaired) electrons. The molecule has 0 aliphatic carbocycles. The van der Waals surface area contributed by atoms with Gasteiger partial charge in [-0.1, -0.05) is 23.5 Å². The molecule has 1 aromatic heterocycles. The van der Waals surface area contributed by atoms with E-state index in [4.69, 9.17) is 14.6 Å². The summed E-state index contributed by atoms with van der Waals surface area (Å²) in [5.41, 5.74) is 0.942. The first-order valence-electron chi connectivity index (χ1n) is 10.1. The molecular formula is C22H23N3O4S. The highest BCUT2D eigenvalue weighted by Gasteiger charge is 2.44. The van der Waals surface area contributed by atoms with Gasteiger partial charge in [0.15, 0.2) is 0 Å². The summed E-state index contributed by atoms with van der Waals surface area (Å²) >= 11 is 1.52. The Kier molecular flexibility index (Phi) is 5.28. The molecular weight excluding hydrogens is 402 g/mol. The van der Waals surface area contributed by atoms with E-state index in [1.807, 2.05) is 53.4 Å². The molecule has 156 valence electrons. The molecule has 3 aromatic rings. The number of aliphatic hydroxyl groups is 1. The molecule has 5 rings (SSSR count). The van der Waals surface area contributed by atoms with Crippen molar-refractivity contribution in [2.24, 2.45) is 0 Å². The van der Waals surface area contributed by atoms with Crippen molar-refractivity contribution >= 4 is 27.5 Å². The Hall–Kier alpha value is -2.68. The first kappa shape index (κ1) is 19.3. The minimum Gasteiger partial charge on any atom is -0.492 e. The molecule has 0 unspecified atom stereocenters. The summed E-state index contributed by atoms with van der Waals surface area (Å²) in [7, 11) is 0. The third-order valence-electron chi connectivity index (χ3n) is 5.76. The summed E-state index contributed by atoms with van der Waals surface area (Å²) in [5, 5.41) is 9.68. The van der Waals surface area contributed by atoms with E-state index in [0.717, 1.165) is 41.2 Å². The van der Waals surface area contributed by atoms with Gasteiger partial charge in [0.25, 0.3) is 5.19 Å². The monoisotopic (exact) mass is 425 g/mol. The number of benzene rings is 2. The molecule has 0 spiro atoms. The summed E-state index contributed by atoms with van der Waals surface area (Å²) in [6.07, 6.45) is 0.990. The van der Waals surface area contributed by atoms with Gasteiger partial charge in [0.2, 0.25) is 5.91 Å².